The number of aromatic nitrogens is 1. The van der Waals surface area contributed by atoms with Crippen LogP contribution < -0.4 is 0 Å². The summed E-state index contributed by atoms with van der Waals surface area (Å²) in [7, 11) is 4.33. The van der Waals surface area contributed by atoms with E-state index in [0.717, 1.165) is 11.2 Å². The minimum Gasteiger partial charge on any atom is -0.361 e. The van der Waals surface area contributed by atoms with Crippen LogP contribution >= 0.6 is 0 Å². The van der Waals surface area contributed by atoms with Crippen LogP contribution in [0.5, 0.6) is 0 Å². The van der Waals surface area contributed by atoms with Crippen LogP contribution in [0.4, 0.5) is 5.69 Å². The van der Waals surface area contributed by atoms with Crippen molar-refractivity contribution in [2.24, 2.45) is 0 Å². The van der Waals surface area contributed by atoms with E-state index in [2.05, 4.69) is 35.0 Å². The Morgan fingerprint density at radius 1 is 1.32 bits per heavy atom. The second-order valence-electron chi connectivity index (χ2n) is 5.71. The van der Waals surface area contributed by atoms with Crippen LogP contribution in [0.25, 0.3) is 15.7 Å². The molecule has 0 bridgehead atoms. The van der Waals surface area contributed by atoms with Crippen molar-refractivity contribution in [2.75, 3.05) is 14.1 Å². The molecule has 2 aromatic rings. The molecule has 3 heteroatoms. The Kier molecular flexibility index (Phi) is 3.04. The SMILES string of the molecule is [C-]#[N+]c1ccc2[nH]cc([C@H]3CC[C@@H](N(C)C)C3)c2c1. The molecule has 0 amide bonds. The smallest absolute Gasteiger partial charge is 0.187 e. The van der Waals surface area contributed by atoms with Crippen molar-refractivity contribution >= 4 is 16.6 Å². The Morgan fingerprint density at radius 3 is 2.84 bits per heavy atom. The van der Waals surface area contributed by atoms with Crippen molar-refractivity contribution in [3.05, 3.63) is 41.4 Å². The zero-order chi connectivity index (χ0) is 13.4. The summed E-state index contributed by atoms with van der Waals surface area (Å²) in [6.45, 7) is 7.15. The molecule has 3 nitrogen and oxygen atoms in total. The number of aromatic amines is 1. The lowest BCUT2D eigenvalue weighted by Crippen LogP contribution is -2.24. The first-order valence-corrected chi connectivity index (χ1v) is 6.84. The number of nitrogens with zero attached hydrogens (tertiary/aromatic N) is 2. The van der Waals surface area contributed by atoms with Gasteiger partial charge in [-0.15, -0.1) is 0 Å². The summed E-state index contributed by atoms with van der Waals surface area (Å²) in [4.78, 5) is 9.22. The van der Waals surface area contributed by atoms with Crippen molar-refractivity contribution in [2.45, 2.75) is 31.2 Å². The minimum absolute atomic E-state index is 0.627. The van der Waals surface area contributed by atoms with E-state index in [4.69, 9.17) is 6.57 Å². The summed E-state index contributed by atoms with van der Waals surface area (Å²) in [6, 6.07) is 6.62. The number of fused-ring (bicyclic) bond motifs is 1. The fourth-order valence-corrected chi connectivity index (χ4v) is 3.25. The lowest BCUT2D eigenvalue weighted by Gasteiger charge is -2.18. The van der Waals surface area contributed by atoms with Gasteiger partial charge < -0.3 is 9.88 Å². The molecular formula is C16H19N3. The van der Waals surface area contributed by atoms with Gasteiger partial charge in [0.15, 0.2) is 5.69 Å². The highest BCUT2D eigenvalue weighted by Crippen LogP contribution is 2.39. The van der Waals surface area contributed by atoms with E-state index < -0.39 is 0 Å². The van der Waals surface area contributed by atoms with Crippen LogP contribution in [0, 0.1) is 6.57 Å². The van der Waals surface area contributed by atoms with Gasteiger partial charge in [-0.05, 0) is 62.4 Å². The highest BCUT2D eigenvalue weighted by Gasteiger charge is 2.28. The van der Waals surface area contributed by atoms with Crippen molar-refractivity contribution < 1.29 is 0 Å². The Morgan fingerprint density at radius 2 is 2.16 bits per heavy atom. The van der Waals surface area contributed by atoms with E-state index in [1.807, 2.05) is 18.2 Å². The minimum atomic E-state index is 0.627. The third kappa shape index (κ3) is 2.13. The third-order valence-electron chi connectivity index (χ3n) is 4.40. The molecule has 19 heavy (non-hydrogen) atoms. The topological polar surface area (TPSA) is 23.4 Å². The summed E-state index contributed by atoms with van der Waals surface area (Å²) in [5, 5.41) is 1.23. The number of benzene rings is 1. The maximum Gasteiger partial charge on any atom is 0.187 e. The molecule has 3 rings (SSSR count). The second kappa shape index (κ2) is 4.71. The number of nitrogens with one attached hydrogen (secondary N) is 1. The van der Waals surface area contributed by atoms with Crippen LogP contribution in [0.15, 0.2) is 24.4 Å². The maximum absolute atomic E-state index is 7.15. The summed E-state index contributed by atoms with van der Waals surface area (Å²) >= 11 is 0. The van der Waals surface area contributed by atoms with E-state index in [0.29, 0.717) is 12.0 Å². The van der Waals surface area contributed by atoms with E-state index in [1.165, 1.54) is 30.2 Å². The summed E-state index contributed by atoms with van der Waals surface area (Å²) in [5.41, 5.74) is 3.27. The lowest BCUT2D eigenvalue weighted by molar-refractivity contribution is 0.297. The van der Waals surface area contributed by atoms with E-state index in [1.54, 1.807) is 0 Å². The molecule has 1 aliphatic rings. The molecule has 0 radical (unpaired) electrons. The lowest BCUT2D eigenvalue weighted by atomic mass is 9.96. The molecule has 1 fully saturated rings. The zero-order valence-corrected chi connectivity index (χ0v) is 11.5. The Balaban J connectivity index is 1.95. The molecule has 0 spiro atoms. The molecule has 0 aliphatic heterocycles. The van der Waals surface area contributed by atoms with Crippen molar-refractivity contribution in [3.63, 3.8) is 0 Å². The molecule has 1 heterocycles. The molecule has 0 saturated heterocycles. The molecular weight excluding hydrogens is 234 g/mol. The highest BCUT2D eigenvalue weighted by atomic mass is 15.1. The van der Waals surface area contributed by atoms with Gasteiger partial charge in [0.1, 0.15) is 0 Å². The summed E-state index contributed by atoms with van der Waals surface area (Å²) < 4.78 is 0. The third-order valence-corrected chi connectivity index (χ3v) is 4.40. The van der Waals surface area contributed by atoms with E-state index >= 15 is 0 Å². The molecule has 1 aromatic carbocycles. The number of hydrogen-bond acceptors (Lipinski definition) is 1. The van der Waals surface area contributed by atoms with Crippen LogP contribution in [0.1, 0.15) is 30.7 Å². The van der Waals surface area contributed by atoms with Crippen molar-refractivity contribution in [1.29, 1.82) is 0 Å². The van der Waals surface area contributed by atoms with Crippen LogP contribution in [0.3, 0.4) is 0 Å². The Hall–Kier alpha value is -1.79. The first kappa shape index (κ1) is 12.3. The first-order valence-electron chi connectivity index (χ1n) is 6.84. The van der Waals surface area contributed by atoms with Gasteiger partial charge in [0.05, 0.1) is 6.57 Å². The molecule has 1 saturated carbocycles. The van der Waals surface area contributed by atoms with Gasteiger partial charge >= 0.3 is 0 Å². The van der Waals surface area contributed by atoms with Gasteiger partial charge in [-0.25, -0.2) is 4.85 Å². The van der Waals surface area contributed by atoms with E-state index in [9.17, 15) is 0 Å². The van der Waals surface area contributed by atoms with Crippen LogP contribution in [-0.4, -0.2) is 30.0 Å². The largest absolute Gasteiger partial charge is 0.361 e. The normalized spacial score (nSPS) is 23.1. The van der Waals surface area contributed by atoms with Crippen LogP contribution in [-0.2, 0) is 0 Å². The quantitative estimate of drug-likeness (QED) is 0.806. The Bertz CT molecular complexity index is 633. The van der Waals surface area contributed by atoms with Crippen molar-refractivity contribution in [3.8, 4) is 0 Å². The second-order valence-corrected chi connectivity index (χ2v) is 5.71. The van der Waals surface area contributed by atoms with Gasteiger partial charge in [0, 0.05) is 17.8 Å². The predicted octanol–water partition coefficient (Wildman–Crippen LogP) is 3.92. The average molecular weight is 253 g/mol. The molecule has 1 aliphatic carbocycles. The molecule has 1 aromatic heterocycles. The first-order chi connectivity index (χ1) is 9.19. The number of hydrogen-bond donors (Lipinski definition) is 1. The number of H-pyrrole nitrogens is 1. The summed E-state index contributed by atoms with van der Waals surface area (Å²) in [6.07, 6.45) is 5.88. The fourth-order valence-electron chi connectivity index (χ4n) is 3.25. The zero-order valence-electron chi connectivity index (χ0n) is 11.5. The summed E-state index contributed by atoms with van der Waals surface area (Å²) in [5.74, 6) is 0.627. The molecule has 1 N–H and O–H groups in total. The van der Waals surface area contributed by atoms with Gasteiger partial charge in [-0.1, -0.05) is 6.07 Å². The fraction of sp³-hybridized carbons (Fsp3) is 0.438. The van der Waals surface area contributed by atoms with E-state index in [-0.39, 0.29) is 0 Å². The van der Waals surface area contributed by atoms with Gasteiger partial charge in [0.25, 0.3) is 0 Å². The monoisotopic (exact) mass is 253 g/mol. The maximum atomic E-state index is 7.15. The standard InChI is InChI=1S/C16H19N3/c1-17-12-5-7-16-14(9-12)15(10-18-16)11-4-6-13(8-11)19(2)3/h5,7,9-11,13,18H,4,6,8H2,2-3H3/t11-,13+/m0/s1. The predicted molar refractivity (Wildman–Crippen MR) is 78.6 cm³/mol. The van der Waals surface area contributed by atoms with Gasteiger partial charge in [0.2, 0.25) is 0 Å². The highest BCUT2D eigenvalue weighted by molar-refractivity contribution is 5.87. The van der Waals surface area contributed by atoms with Crippen molar-refractivity contribution in [1.82, 2.24) is 9.88 Å². The number of rotatable bonds is 2. The molecule has 0 unspecified atom stereocenters. The van der Waals surface area contributed by atoms with Gasteiger partial charge in [-0.3, -0.25) is 0 Å². The average Bonchev–Trinajstić information content (AvgIpc) is 3.03. The van der Waals surface area contributed by atoms with Gasteiger partial charge in [-0.2, -0.15) is 0 Å². The Labute approximate surface area is 114 Å². The van der Waals surface area contributed by atoms with Crippen LogP contribution in [0.2, 0.25) is 0 Å². The molecule has 98 valence electrons. The molecule has 2 atom stereocenters.